The molecule has 12 aromatic rings. The van der Waals surface area contributed by atoms with Gasteiger partial charge in [0.2, 0.25) is 0 Å². The molecule has 3 heterocycles. The maximum absolute atomic E-state index is 12.0. The van der Waals surface area contributed by atoms with Crippen LogP contribution in [0, 0.1) is 34.0 Å². The van der Waals surface area contributed by atoms with Gasteiger partial charge >= 0.3 is 0 Å². The van der Waals surface area contributed by atoms with E-state index in [2.05, 4.69) is 190 Å². The first-order chi connectivity index (χ1) is 32.2. The Kier molecular flexibility index (Phi) is 7.82. The van der Waals surface area contributed by atoms with Gasteiger partial charge in [0, 0.05) is 43.8 Å². The average molecular weight is 827 g/mol. The Morgan fingerprint density at radius 3 is 1.55 bits per heavy atom. The highest BCUT2D eigenvalue weighted by Gasteiger charge is 2.35. The fraction of sp³-hybridized carbons (Fsp3) is 0.0339. The lowest BCUT2D eigenvalue weighted by atomic mass is 9.87. The largest absolute Gasteiger partial charge is 0.310 e. The third kappa shape index (κ3) is 5.01. The second-order valence-electron chi connectivity index (χ2n) is 16.8. The van der Waals surface area contributed by atoms with E-state index in [1.165, 1.54) is 11.1 Å². The molecule has 65 heavy (non-hydrogen) atoms. The van der Waals surface area contributed by atoms with E-state index >= 15 is 0 Å². The zero-order valence-corrected chi connectivity index (χ0v) is 34.9. The fourth-order valence-electron chi connectivity index (χ4n) is 11.0. The second kappa shape index (κ2) is 13.9. The number of nitrogens with zero attached hydrogens (tertiary/aromatic N) is 6. The molecule has 1 aliphatic rings. The van der Waals surface area contributed by atoms with Gasteiger partial charge in [0.05, 0.1) is 67.4 Å². The van der Waals surface area contributed by atoms with Crippen LogP contribution in [0.15, 0.2) is 182 Å². The predicted molar refractivity (Wildman–Crippen MR) is 262 cm³/mol. The first kappa shape index (κ1) is 36.5. The topological polar surface area (TPSA) is 86.2 Å². The highest BCUT2D eigenvalue weighted by atomic mass is 15.1. The van der Waals surface area contributed by atoms with Crippen molar-refractivity contribution in [3.63, 3.8) is 0 Å². The molecule has 0 N–H and O–H groups in total. The fourth-order valence-corrected chi connectivity index (χ4v) is 11.0. The SMILES string of the molecule is N#Cc1ccc(-c2c(C#N)c(-n3c4c(c5ccccc53)-c3ccccc3CC4)c(-n3c4ccccc4c4ccccc43)c(-n3c4ccccc4c4c5ccccc5ccc43)c2C#N)cc1. The lowest BCUT2D eigenvalue weighted by Gasteiger charge is -2.28. The minimum atomic E-state index is 0.360. The summed E-state index contributed by atoms with van der Waals surface area (Å²) in [6, 6.07) is 70.4. The van der Waals surface area contributed by atoms with Crippen molar-refractivity contribution in [1.29, 1.82) is 15.8 Å². The summed E-state index contributed by atoms with van der Waals surface area (Å²) in [6.45, 7) is 0. The van der Waals surface area contributed by atoms with Gasteiger partial charge in [0.25, 0.3) is 0 Å². The van der Waals surface area contributed by atoms with E-state index in [0.29, 0.717) is 39.2 Å². The Hall–Kier alpha value is -9.15. The highest BCUT2D eigenvalue weighted by molar-refractivity contribution is 6.22. The van der Waals surface area contributed by atoms with Crippen LogP contribution in [0.4, 0.5) is 0 Å². The summed E-state index contributed by atoms with van der Waals surface area (Å²) in [4.78, 5) is 0. The quantitative estimate of drug-likeness (QED) is 0.177. The van der Waals surface area contributed by atoms with Crippen molar-refractivity contribution in [2.24, 2.45) is 0 Å². The van der Waals surface area contributed by atoms with E-state index < -0.39 is 0 Å². The van der Waals surface area contributed by atoms with Gasteiger partial charge in [-0.2, -0.15) is 15.8 Å². The van der Waals surface area contributed by atoms with Crippen LogP contribution in [-0.2, 0) is 12.8 Å². The molecule has 0 aliphatic heterocycles. The highest BCUT2D eigenvalue weighted by Crippen LogP contribution is 2.50. The molecule has 3 aromatic heterocycles. The molecule has 13 rings (SSSR count). The van der Waals surface area contributed by atoms with Crippen LogP contribution in [0.1, 0.15) is 27.9 Å². The van der Waals surface area contributed by atoms with E-state index in [4.69, 9.17) is 0 Å². The molecule has 6 heteroatoms. The maximum atomic E-state index is 12.0. The molecule has 0 atom stereocenters. The molecule has 0 saturated heterocycles. The summed E-state index contributed by atoms with van der Waals surface area (Å²) in [5.41, 5.74) is 14.0. The molecule has 9 aromatic carbocycles. The second-order valence-corrected chi connectivity index (χ2v) is 16.8. The van der Waals surface area contributed by atoms with E-state index in [0.717, 1.165) is 95.1 Å². The summed E-state index contributed by atoms with van der Waals surface area (Å²) in [5.74, 6) is 0. The van der Waals surface area contributed by atoms with Crippen LogP contribution in [0.2, 0.25) is 0 Å². The number of hydrogen-bond acceptors (Lipinski definition) is 3. The van der Waals surface area contributed by atoms with Crippen molar-refractivity contribution in [1.82, 2.24) is 13.7 Å². The Morgan fingerprint density at radius 1 is 0.369 bits per heavy atom. The normalized spacial score (nSPS) is 12.1. The zero-order chi connectivity index (χ0) is 43.3. The molecule has 300 valence electrons. The molecule has 0 saturated carbocycles. The number of aryl methyl sites for hydroxylation is 1. The lowest BCUT2D eigenvalue weighted by Crippen LogP contribution is -2.17. The van der Waals surface area contributed by atoms with Crippen LogP contribution < -0.4 is 0 Å². The molecule has 0 spiro atoms. The van der Waals surface area contributed by atoms with Crippen molar-refractivity contribution >= 4 is 65.3 Å². The predicted octanol–water partition coefficient (Wildman–Crippen LogP) is 14.0. The molecule has 1 aliphatic carbocycles. The minimum Gasteiger partial charge on any atom is -0.310 e. The van der Waals surface area contributed by atoms with E-state index in [9.17, 15) is 15.8 Å². The Morgan fingerprint density at radius 2 is 0.892 bits per heavy atom. The van der Waals surface area contributed by atoms with Gasteiger partial charge in [-0.15, -0.1) is 0 Å². The van der Waals surface area contributed by atoms with Crippen molar-refractivity contribution in [3.05, 3.63) is 210 Å². The molecule has 0 fully saturated rings. The van der Waals surface area contributed by atoms with E-state index in [1.807, 2.05) is 12.1 Å². The summed E-state index contributed by atoms with van der Waals surface area (Å²) in [6.07, 6.45) is 1.57. The van der Waals surface area contributed by atoms with Crippen LogP contribution >= 0.6 is 0 Å². The van der Waals surface area contributed by atoms with E-state index in [1.54, 1.807) is 12.1 Å². The number of hydrogen-bond donors (Lipinski definition) is 0. The smallest absolute Gasteiger partial charge is 0.102 e. The van der Waals surface area contributed by atoms with Gasteiger partial charge < -0.3 is 13.7 Å². The molecule has 0 radical (unpaired) electrons. The van der Waals surface area contributed by atoms with Crippen LogP contribution in [0.5, 0.6) is 0 Å². The van der Waals surface area contributed by atoms with E-state index in [-0.39, 0.29) is 0 Å². The Bertz CT molecular complexity index is 4100. The third-order valence-corrected chi connectivity index (χ3v) is 13.7. The lowest BCUT2D eigenvalue weighted by molar-refractivity contribution is 0.859. The molecule has 0 bridgehead atoms. The van der Waals surface area contributed by atoms with Gasteiger partial charge in [0.1, 0.15) is 12.1 Å². The standard InChI is InChI=1S/C59H34N6/c60-33-36-25-27-39(28-26-36)54-46(34-61)57(64-50-23-11-7-19-44(50)55-40-15-3-1-13-37(40)29-31-52(55)64)59(63-48-21-9-5-17-42(48)43-18-6-10-22-49(43)63)58(47(54)35-62)65-51-24-12-8-20-45(51)56-41-16-4-2-14-38(41)30-32-53(56)65/h1-29,31H,30,32H2. The Balaban J connectivity index is 1.35. The number of rotatable bonds is 4. The molecule has 0 amide bonds. The minimum absolute atomic E-state index is 0.360. The Labute approximate surface area is 373 Å². The number of benzene rings is 9. The third-order valence-electron chi connectivity index (χ3n) is 13.7. The number of para-hydroxylation sites is 4. The molecule has 0 unspecified atom stereocenters. The van der Waals surface area contributed by atoms with Gasteiger partial charge in [-0.3, -0.25) is 0 Å². The van der Waals surface area contributed by atoms with Crippen LogP contribution in [0.25, 0.3) is 105 Å². The van der Waals surface area contributed by atoms with Crippen molar-refractivity contribution in [2.75, 3.05) is 0 Å². The zero-order valence-electron chi connectivity index (χ0n) is 34.9. The monoisotopic (exact) mass is 826 g/mol. The number of aromatic nitrogens is 3. The van der Waals surface area contributed by atoms with Crippen LogP contribution in [0.3, 0.4) is 0 Å². The molecule has 6 nitrogen and oxygen atoms in total. The van der Waals surface area contributed by atoms with Gasteiger partial charge in [-0.25, -0.2) is 0 Å². The van der Waals surface area contributed by atoms with Crippen molar-refractivity contribution < 1.29 is 0 Å². The number of nitriles is 3. The summed E-state index contributed by atoms with van der Waals surface area (Å²) >= 11 is 0. The average Bonchev–Trinajstić information content (AvgIpc) is 4.01. The summed E-state index contributed by atoms with van der Waals surface area (Å²) < 4.78 is 6.93. The van der Waals surface area contributed by atoms with Crippen molar-refractivity contribution in [3.8, 4) is 57.5 Å². The summed E-state index contributed by atoms with van der Waals surface area (Å²) in [5, 5.41) is 41.6. The number of fused-ring (bicyclic) bond motifs is 13. The molecular formula is C59H34N6. The first-order valence-electron chi connectivity index (χ1n) is 21.8. The van der Waals surface area contributed by atoms with Crippen molar-refractivity contribution in [2.45, 2.75) is 12.8 Å². The van der Waals surface area contributed by atoms with Crippen LogP contribution in [-0.4, -0.2) is 13.7 Å². The van der Waals surface area contributed by atoms with Gasteiger partial charge in [0.15, 0.2) is 0 Å². The van der Waals surface area contributed by atoms with Gasteiger partial charge in [-0.1, -0.05) is 140 Å². The maximum Gasteiger partial charge on any atom is 0.102 e. The summed E-state index contributed by atoms with van der Waals surface area (Å²) in [7, 11) is 0. The van der Waals surface area contributed by atoms with Gasteiger partial charge in [-0.05, 0) is 82.8 Å². The molecular weight excluding hydrogens is 793 g/mol. The first-order valence-corrected chi connectivity index (χ1v) is 21.8.